The predicted octanol–water partition coefficient (Wildman–Crippen LogP) is 2.13. The predicted molar refractivity (Wildman–Crippen MR) is 120 cm³/mol. The molecule has 2 aliphatic rings. The Morgan fingerprint density at radius 1 is 1.22 bits per heavy atom. The van der Waals surface area contributed by atoms with Gasteiger partial charge in [-0.2, -0.15) is 0 Å². The lowest BCUT2D eigenvalue weighted by molar-refractivity contribution is 0.121. The molecule has 1 atom stereocenters. The molecule has 152 valence electrons. The van der Waals surface area contributed by atoms with Crippen LogP contribution in [0.3, 0.4) is 0 Å². The molecule has 1 aromatic rings. The quantitative estimate of drug-likeness (QED) is 0.350. The highest BCUT2D eigenvalue weighted by atomic mass is 127. The lowest BCUT2D eigenvalue weighted by Crippen LogP contribution is -2.45. The van der Waals surface area contributed by atoms with Crippen LogP contribution in [0.5, 0.6) is 5.75 Å². The fraction of sp³-hybridized carbons (Fsp3) is 0.650. The molecular formula is C20H33IN4O2. The Bertz CT molecular complexity index is 566. The van der Waals surface area contributed by atoms with E-state index in [2.05, 4.69) is 32.7 Å². The van der Waals surface area contributed by atoms with Crippen LogP contribution in [0.15, 0.2) is 29.3 Å². The lowest BCUT2D eigenvalue weighted by atomic mass is 9.97. The average Bonchev–Trinajstić information content (AvgIpc) is 3.10. The van der Waals surface area contributed by atoms with Crippen LogP contribution in [0.4, 0.5) is 0 Å². The van der Waals surface area contributed by atoms with Gasteiger partial charge in [-0.3, -0.25) is 4.99 Å². The second-order valence-electron chi connectivity index (χ2n) is 7.16. The van der Waals surface area contributed by atoms with E-state index in [0.29, 0.717) is 5.92 Å². The van der Waals surface area contributed by atoms with E-state index in [1.165, 1.54) is 18.4 Å². The smallest absolute Gasteiger partial charge is 0.191 e. The van der Waals surface area contributed by atoms with E-state index >= 15 is 0 Å². The van der Waals surface area contributed by atoms with E-state index in [1.54, 1.807) is 7.11 Å². The number of hydrogen-bond donors (Lipinski definition) is 2. The first kappa shape index (κ1) is 22.2. The summed E-state index contributed by atoms with van der Waals surface area (Å²) >= 11 is 0. The highest BCUT2D eigenvalue weighted by Crippen LogP contribution is 2.27. The van der Waals surface area contributed by atoms with E-state index in [1.807, 2.05) is 19.2 Å². The molecule has 27 heavy (non-hydrogen) atoms. The van der Waals surface area contributed by atoms with Gasteiger partial charge in [0.2, 0.25) is 0 Å². The van der Waals surface area contributed by atoms with Gasteiger partial charge in [0.05, 0.1) is 13.2 Å². The summed E-state index contributed by atoms with van der Waals surface area (Å²) in [6.07, 6.45) is 3.60. The maximum atomic E-state index is 5.98. The summed E-state index contributed by atoms with van der Waals surface area (Å²) in [5.41, 5.74) is 1.29. The first-order valence-electron chi connectivity index (χ1n) is 9.69. The third kappa shape index (κ3) is 6.80. The molecular weight excluding hydrogens is 455 g/mol. The van der Waals surface area contributed by atoms with Crippen molar-refractivity contribution in [3.05, 3.63) is 29.8 Å². The van der Waals surface area contributed by atoms with Gasteiger partial charge >= 0.3 is 0 Å². The minimum absolute atomic E-state index is 0. The Balaban J connectivity index is 0.00000261. The van der Waals surface area contributed by atoms with Crippen molar-refractivity contribution in [1.82, 2.24) is 15.5 Å². The molecule has 2 N–H and O–H groups in total. The number of hydrogen-bond acceptors (Lipinski definition) is 4. The van der Waals surface area contributed by atoms with Crippen molar-refractivity contribution in [2.24, 2.45) is 10.9 Å². The van der Waals surface area contributed by atoms with Gasteiger partial charge in [-0.05, 0) is 43.5 Å². The molecule has 2 heterocycles. The van der Waals surface area contributed by atoms with E-state index in [0.717, 1.165) is 57.5 Å². The molecule has 1 saturated heterocycles. The zero-order valence-electron chi connectivity index (χ0n) is 16.4. The Hall–Kier alpha value is -1.06. The van der Waals surface area contributed by atoms with Crippen molar-refractivity contribution < 1.29 is 9.47 Å². The molecule has 2 aliphatic heterocycles. The average molecular weight is 488 g/mol. The van der Waals surface area contributed by atoms with Gasteiger partial charge in [-0.15, -0.1) is 24.0 Å². The summed E-state index contributed by atoms with van der Waals surface area (Å²) in [6.45, 7) is 5.94. The summed E-state index contributed by atoms with van der Waals surface area (Å²) in [5.74, 6) is 2.59. The van der Waals surface area contributed by atoms with E-state index < -0.39 is 0 Å². The van der Waals surface area contributed by atoms with Crippen molar-refractivity contribution in [3.8, 4) is 5.75 Å². The number of halogens is 1. The standard InChI is InChI=1S/C20H32N4O2.HI/c1-21-20(22-14-16-7-9-24(10-8-16)11-12-25-2)23-15-18-13-17-5-3-4-6-19(17)26-18;/h3-6,16,18H,7-15H2,1-2H3,(H2,21,22,23);1H. The van der Waals surface area contributed by atoms with Gasteiger partial charge < -0.3 is 25.0 Å². The molecule has 0 amide bonds. The normalized spacial score (nSPS) is 20.5. The third-order valence-electron chi connectivity index (χ3n) is 5.31. The number of ether oxygens (including phenoxy) is 2. The van der Waals surface area contributed by atoms with Gasteiger partial charge in [0, 0.05) is 33.7 Å². The third-order valence-corrected chi connectivity index (χ3v) is 5.31. The summed E-state index contributed by atoms with van der Waals surface area (Å²) < 4.78 is 11.1. The molecule has 0 aromatic heterocycles. The number of nitrogens with one attached hydrogen (secondary N) is 2. The molecule has 3 rings (SSSR count). The molecule has 0 radical (unpaired) electrons. The van der Waals surface area contributed by atoms with Crippen LogP contribution in [0, 0.1) is 5.92 Å². The van der Waals surface area contributed by atoms with Crippen molar-refractivity contribution in [1.29, 1.82) is 0 Å². The van der Waals surface area contributed by atoms with Crippen molar-refractivity contribution in [3.63, 3.8) is 0 Å². The van der Waals surface area contributed by atoms with Gasteiger partial charge in [0.25, 0.3) is 0 Å². The maximum Gasteiger partial charge on any atom is 0.191 e. The Kier molecular flexibility index (Phi) is 9.64. The number of methoxy groups -OCH3 is 1. The molecule has 7 heteroatoms. The number of para-hydroxylation sites is 1. The molecule has 6 nitrogen and oxygen atoms in total. The van der Waals surface area contributed by atoms with Crippen molar-refractivity contribution in [2.75, 3.05) is 53.5 Å². The van der Waals surface area contributed by atoms with Gasteiger partial charge in [0.15, 0.2) is 5.96 Å². The zero-order valence-corrected chi connectivity index (χ0v) is 18.8. The topological polar surface area (TPSA) is 58.1 Å². The number of rotatable bonds is 7. The first-order valence-corrected chi connectivity index (χ1v) is 9.69. The maximum absolute atomic E-state index is 5.98. The number of fused-ring (bicyclic) bond motifs is 1. The Morgan fingerprint density at radius 3 is 2.67 bits per heavy atom. The van der Waals surface area contributed by atoms with Gasteiger partial charge in [-0.25, -0.2) is 0 Å². The van der Waals surface area contributed by atoms with Crippen LogP contribution in [-0.2, 0) is 11.2 Å². The van der Waals surface area contributed by atoms with Gasteiger partial charge in [-0.1, -0.05) is 18.2 Å². The van der Waals surface area contributed by atoms with Crippen LogP contribution in [0.25, 0.3) is 0 Å². The van der Waals surface area contributed by atoms with Crippen LogP contribution in [0.1, 0.15) is 18.4 Å². The fourth-order valence-electron chi connectivity index (χ4n) is 3.67. The van der Waals surface area contributed by atoms with E-state index in [9.17, 15) is 0 Å². The van der Waals surface area contributed by atoms with Crippen LogP contribution < -0.4 is 15.4 Å². The monoisotopic (exact) mass is 488 g/mol. The highest BCUT2D eigenvalue weighted by molar-refractivity contribution is 14.0. The first-order chi connectivity index (χ1) is 12.8. The minimum atomic E-state index is 0. The molecule has 0 spiro atoms. The van der Waals surface area contributed by atoms with Crippen LogP contribution in [-0.4, -0.2) is 70.5 Å². The number of benzene rings is 1. The number of piperidine rings is 1. The largest absolute Gasteiger partial charge is 0.488 e. The summed E-state index contributed by atoms with van der Waals surface area (Å²) in [4.78, 5) is 6.84. The second kappa shape index (κ2) is 11.7. The lowest BCUT2D eigenvalue weighted by Gasteiger charge is -2.32. The Morgan fingerprint density at radius 2 is 1.96 bits per heavy atom. The van der Waals surface area contributed by atoms with Crippen LogP contribution in [0.2, 0.25) is 0 Å². The molecule has 0 saturated carbocycles. The highest BCUT2D eigenvalue weighted by Gasteiger charge is 2.23. The number of likely N-dealkylation sites (tertiary alicyclic amines) is 1. The van der Waals surface area contributed by atoms with Crippen molar-refractivity contribution >= 4 is 29.9 Å². The summed E-state index contributed by atoms with van der Waals surface area (Å²) in [5, 5.41) is 6.89. The molecule has 1 aromatic carbocycles. The molecule has 0 aliphatic carbocycles. The zero-order chi connectivity index (χ0) is 18.2. The summed E-state index contributed by atoms with van der Waals surface area (Å²) in [6, 6.07) is 8.28. The van der Waals surface area contributed by atoms with Gasteiger partial charge in [0.1, 0.15) is 11.9 Å². The minimum Gasteiger partial charge on any atom is -0.488 e. The molecule has 1 fully saturated rings. The summed E-state index contributed by atoms with van der Waals surface area (Å²) in [7, 11) is 3.59. The SMILES string of the molecule is CN=C(NCC1CCN(CCOC)CC1)NCC1Cc2ccccc2O1.I. The van der Waals surface area contributed by atoms with Crippen molar-refractivity contribution in [2.45, 2.75) is 25.4 Å². The van der Waals surface area contributed by atoms with E-state index in [4.69, 9.17) is 9.47 Å². The van der Waals surface area contributed by atoms with E-state index in [-0.39, 0.29) is 30.1 Å². The second-order valence-corrected chi connectivity index (χ2v) is 7.16. The molecule has 0 bridgehead atoms. The number of aliphatic imine (C=N–C) groups is 1. The Labute approximate surface area is 180 Å². The number of guanidine groups is 1. The molecule has 1 unspecified atom stereocenters. The van der Waals surface area contributed by atoms with Crippen LogP contribution >= 0.6 is 24.0 Å². The fourth-order valence-corrected chi connectivity index (χ4v) is 3.67. The number of nitrogens with zero attached hydrogens (tertiary/aromatic N) is 2.